The fraction of sp³-hybridized carbons (Fsp3) is 0.235. The Morgan fingerprint density at radius 2 is 2.08 bits per heavy atom. The number of halogens is 1. The molecule has 1 aromatic carbocycles. The van der Waals surface area contributed by atoms with E-state index in [1.807, 2.05) is 20.8 Å². The highest BCUT2D eigenvalue weighted by atomic mass is 32.1. The first-order chi connectivity index (χ1) is 11.4. The molecular weight excluding hydrogens is 329 g/mol. The van der Waals surface area contributed by atoms with E-state index in [0.29, 0.717) is 17.5 Å². The van der Waals surface area contributed by atoms with E-state index in [1.54, 1.807) is 12.1 Å². The number of aromatic nitrogens is 2. The van der Waals surface area contributed by atoms with Gasteiger partial charge < -0.3 is 9.73 Å². The summed E-state index contributed by atoms with van der Waals surface area (Å²) in [5.74, 6) is 0.340. The molecule has 0 unspecified atom stereocenters. The summed E-state index contributed by atoms with van der Waals surface area (Å²) in [4.78, 5) is 13.9. The first-order valence-corrected chi connectivity index (χ1v) is 8.27. The molecule has 0 aliphatic heterocycles. The second kappa shape index (κ2) is 6.52. The van der Waals surface area contributed by atoms with Gasteiger partial charge in [0.05, 0.1) is 10.6 Å². The molecule has 2 aromatic heterocycles. The highest BCUT2D eigenvalue weighted by Gasteiger charge is 2.17. The second-order valence-corrected chi connectivity index (χ2v) is 6.90. The maximum atomic E-state index is 13.2. The van der Waals surface area contributed by atoms with Gasteiger partial charge in [0.2, 0.25) is 5.89 Å². The zero-order chi connectivity index (χ0) is 17.3. The molecule has 0 fully saturated rings. The third kappa shape index (κ3) is 3.35. The van der Waals surface area contributed by atoms with E-state index in [2.05, 4.69) is 15.5 Å². The van der Waals surface area contributed by atoms with Gasteiger partial charge in [0.1, 0.15) is 5.82 Å². The van der Waals surface area contributed by atoms with Crippen LogP contribution in [0.15, 0.2) is 34.7 Å². The minimum absolute atomic E-state index is 0.152. The zero-order valence-corrected chi connectivity index (χ0v) is 14.3. The van der Waals surface area contributed by atoms with Crippen LogP contribution in [0.25, 0.3) is 10.8 Å². The number of rotatable bonds is 4. The van der Waals surface area contributed by atoms with Gasteiger partial charge >= 0.3 is 0 Å². The molecule has 0 bridgehead atoms. The van der Waals surface area contributed by atoms with Crippen molar-refractivity contribution in [1.82, 2.24) is 10.2 Å². The monoisotopic (exact) mass is 345 g/mol. The second-order valence-electron chi connectivity index (χ2n) is 5.65. The summed E-state index contributed by atoms with van der Waals surface area (Å²) in [7, 11) is 0. The van der Waals surface area contributed by atoms with Crippen molar-refractivity contribution in [1.29, 1.82) is 0 Å². The molecule has 3 aromatic rings. The Morgan fingerprint density at radius 1 is 1.29 bits per heavy atom. The predicted molar refractivity (Wildman–Crippen MR) is 90.8 cm³/mol. The van der Waals surface area contributed by atoms with Crippen molar-refractivity contribution in [3.05, 3.63) is 52.5 Å². The van der Waals surface area contributed by atoms with Gasteiger partial charge in [0.15, 0.2) is 0 Å². The van der Waals surface area contributed by atoms with Crippen LogP contribution in [-0.4, -0.2) is 16.1 Å². The molecular formula is C17H16FN3O2S. The van der Waals surface area contributed by atoms with Crippen LogP contribution in [0, 0.1) is 12.7 Å². The molecule has 7 heteroatoms. The topological polar surface area (TPSA) is 68.0 Å². The number of carbonyl (C=O) groups is 1. The minimum Gasteiger partial charge on any atom is -0.420 e. The van der Waals surface area contributed by atoms with Crippen LogP contribution in [0.2, 0.25) is 0 Å². The van der Waals surface area contributed by atoms with Gasteiger partial charge in [0, 0.05) is 16.4 Å². The third-order valence-electron chi connectivity index (χ3n) is 3.40. The molecule has 3 rings (SSSR count). The quantitative estimate of drug-likeness (QED) is 0.749. The Labute approximate surface area is 142 Å². The molecule has 0 spiro atoms. The summed E-state index contributed by atoms with van der Waals surface area (Å²) in [6.07, 6.45) is 0. The van der Waals surface area contributed by atoms with Crippen molar-refractivity contribution in [2.75, 3.05) is 5.32 Å². The SMILES string of the molecule is Cc1sc(-c2nnc(C(C)C)o2)cc1NC(=O)c1cccc(F)c1. The van der Waals surface area contributed by atoms with E-state index in [-0.39, 0.29) is 17.4 Å². The molecule has 0 saturated carbocycles. The fourth-order valence-electron chi connectivity index (χ4n) is 2.10. The molecule has 5 nitrogen and oxygen atoms in total. The number of hydrogen-bond donors (Lipinski definition) is 1. The summed E-state index contributed by atoms with van der Waals surface area (Å²) in [6.45, 7) is 5.83. The van der Waals surface area contributed by atoms with Gasteiger partial charge in [-0.2, -0.15) is 0 Å². The normalized spacial score (nSPS) is 11.0. The first-order valence-electron chi connectivity index (χ1n) is 7.45. The van der Waals surface area contributed by atoms with Crippen LogP contribution < -0.4 is 5.32 Å². The van der Waals surface area contributed by atoms with Crippen molar-refractivity contribution in [3.63, 3.8) is 0 Å². The number of thiophene rings is 1. The molecule has 24 heavy (non-hydrogen) atoms. The molecule has 1 amide bonds. The third-order valence-corrected chi connectivity index (χ3v) is 4.44. The number of amides is 1. The van der Waals surface area contributed by atoms with Crippen molar-refractivity contribution >= 4 is 22.9 Å². The first kappa shape index (κ1) is 16.3. The standard InChI is InChI=1S/C17H16FN3O2S/c1-9(2)16-20-21-17(23-16)14-8-13(10(3)24-14)19-15(22)11-5-4-6-12(18)7-11/h4-9H,1-3H3,(H,19,22). The van der Waals surface area contributed by atoms with Crippen molar-refractivity contribution in [3.8, 4) is 10.8 Å². The van der Waals surface area contributed by atoms with E-state index >= 15 is 0 Å². The van der Waals surface area contributed by atoms with Gasteiger partial charge in [-0.1, -0.05) is 19.9 Å². The Balaban J connectivity index is 1.82. The van der Waals surface area contributed by atoms with Gasteiger partial charge in [-0.05, 0) is 31.2 Å². The van der Waals surface area contributed by atoms with Crippen LogP contribution in [-0.2, 0) is 0 Å². The zero-order valence-electron chi connectivity index (χ0n) is 13.5. The number of nitrogens with one attached hydrogen (secondary N) is 1. The van der Waals surface area contributed by atoms with Gasteiger partial charge in [0.25, 0.3) is 11.8 Å². The summed E-state index contributed by atoms with van der Waals surface area (Å²) >= 11 is 1.45. The van der Waals surface area contributed by atoms with E-state index < -0.39 is 5.82 Å². The largest absolute Gasteiger partial charge is 0.420 e. The van der Waals surface area contributed by atoms with Crippen LogP contribution in [0.3, 0.4) is 0 Å². The maximum Gasteiger partial charge on any atom is 0.257 e. The lowest BCUT2D eigenvalue weighted by atomic mass is 10.2. The molecule has 0 atom stereocenters. The molecule has 0 aliphatic carbocycles. The molecule has 1 N–H and O–H groups in total. The minimum atomic E-state index is -0.447. The summed E-state index contributed by atoms with van der Waals surface area (Å²) in [6, 6.07) is 7.35. The van der Waals surface area contributed by atoms with Crippen molar-refractivity contribution in [2.24, 2.45) is 0 Å². The predicted octanol–water partition coefficient (Wildman–Crippen LogP) is 4.62. The highest BCUT2D eigenvalue weighted by Crippen LogP contribution is 2.34. The molecule has 2 heterocycles. The van der Waals surface area contributed by atoms with Crippen LogP contribution in [0.4, 0.5) is 10.1 Å². The number of carbonyl (C=O) groups excluding carboxylic acids is 1. The van der Waals surface area contributed by atoms with E-state index in [9.17, 15) is 9.18 Å². The van der Waals surface area contributed by atoms with Crippen LogP contribution >= 0.6 is 11.3 Å². The number of nitrogens with zero attached hydrogens (tertiary/aromatic N) is 2. The van der Waals surface area contributed by atoms with E-state index in [0.717, 1.165) is 9.75 Å². The fourth-order valence-corrected chi connectivity index (χ4v) is 3.00. The van der Waals surface area contributed by atoms with Gasteiger partial charge in [-0.25, -0.2) is 4.39 Å². The maximum absolute atomic E-state index is 13.2. The van der Waals surface area contributed by atoms with Crippen LogP contribution in [0.5, 0.6) is 0 Å². The summed E-state index contributed by atoms with van der Waals surface area (Å²) < 4.78 is 18.9. The smallest absolute Gasteiger partial charge is 0.257 e. The lowest BCUT2D eigenvalue weighted by Crippen LogP contribution is -2.12. The number of aryl methyl sites for hydroxylation is 1. The number of hydrogen-bond acceptors (Lipinski definition) is 5. The molecule has 124 valence electrons. The number of benzene rings is 1. The Bertz CT molecular complexity index is 886. The van der Waals surface area contributed by atoms with Gasteiger partial charge in [-0.15, -0.1) is 21.5 Å². The summed E-state index contributed by atoms with van der Waals surface area (Å²) in [5.41, 5.74) is 0.913. The average molecular weight is 345 g/mol. The molecule has 0 aliphatic rings. The lowest BCUT2D eigenvalue weighted by molar-refractivity contribution is 0.102. The van der Waals surface area contributed by atoms with Gasteiger partial charge in [-0.3, -0.25) is 4.79 Å². The molecule has 0 saturated heterocycles. The van der Waals surface area contributed by atoms with Crippen LogP contribution in [0.1, 0.15) is 40.9 Å². The summed E-state index contributed by atoms with van der Waals surface area (Å²) in [5, 5.41) is 10.8. The Morgan fingerprint density at radius 3 is 2.75 bits per heavy atom. The average Bonchev–Trinajstić information content (AvgIpc) is 3.15. The Kier molecular flexibility index (Phi) is 4.44. The lowest BCUT2D eigenvalue weighted by Gasteiger charge is -2.04. The van der Waals surface area contributed by atoms with E-state index in [4.69, 9.17) is 4.42 Å². The number of anilines is 1. The van der Waals surface area contributed by atoms with Crippen molar-refractivity contribution in [2.45, 2.75) is 26.7 Å². The highest BCUT2D eigenvalue weighted by molar-refractivity contribution is 7.15. The Hall–Kier alpha value is -2.54. The van der Waals surface area contributed by atoms with E-state index in [1.165, 1.54) is 29.5 Å². The molecule has 0 radical (unpaired) electrons. The van der Waals surface area contributed by atoms with Crippen molar-refractivity contribution < 1.29 is 13.6 Å².